The highest BCUT2D eigenvalue weighted by atomic mass is 16.5. The molecule has 0 spiro atoms. The van der Waals surface area contributed by atoms with Crippen LogP contribution in [0.25, 0.3) is 5.52 Å². The average Bonchev–Trinajstić information content (AvgIpc) is 2.27. The fraction of sp³-hybridized carbons (Fsp3) is 0. The van der Waals surface area contributed by atoms with Crippen molar-refractivity contribution < 1.29 is 4.52 Å². The summed E-state index contributed by atoms with van der Waals surface area (Å²) in [5, 5.41) is 7.11. The van der Waals surface area contributed by atoms with Gasteiger partial charge in [0.2, 0.25) is 5.55 Å². The van der Waals surface area contributed by atoms with Gasteiger partial charge in [-0.2, -0.15) is 4.57 Å². The van der Waals surface area contributed by atoms with Crippen LogP contribution in [0, 0.1) is 5.41 Å². The van der Waals surface area contributed by atoms with Gasteiger partial charge in [0.25, 0.3) is 0 Å². The quantitative estimate of drug-likeness (QED) is 0.568. The smallest absolute Gasteiger partial charge is 0.241 e. The van der Waals surface area contributed by atoms with Crippen molar-refractivity contribution in [2.75, 3.05) is 0 Å². The Balaban J connectivity index is 3.01. The Bertz CT molecular complexity index is 364. The minimum Gasteiger partial charge on any atom is -0.354 e. The molecule has 2 aromatic heterocycles. The summed E-state index contributed by atoms with van der Waals surface area (Å²) in [5.74, 6) is 0. The Labute approximate surface area is 56.2 Å². The van der Waals surface area contributed by atoms with E-state index < -0.39 is 0 Å². The maximum atomic E-state index is 7.11. The molecule has 0 unspecified atom stereocenters. The molecule has 0 aliphatic heterocycles. The lowest BCUT2D eigenvalue weighted by Gasteiger charge is -1.85. The van der Waals surface area contributed by atoms with Crippen molar-refractivity contribution >= 4 is 5.52 Å². The fourth-order valence-corrected chi connectivity index (χ4v) is 0.813. The monoisotopic (exact) mass is 135 g/mol. The van der Waals surface area contributed by atoms with E-state index in [1.54, 1.807) is 18.3 Å². The molecule has 0 saturated carbocycles. The first-order valence-corrected chi connectivity index (χ1v) is 2.83. The van der Waals surface area contributed by atoms with Gasteiger partial charge >= 0.3 is 0 Å². The second-order valence-electron chi connectivity index (χ2n) is 1.93. The van der Waals surface area contributed by atoms with E-state index >= 15 is 0 Å². The highest BCUT2D eigenvalue weighted by Gasteiger charge is 1.91. The molecule has 0 aliphatic carbocycles. The molecule has 2 heterocycles. The van der Waals surface area contributed by atoms with Crippen LogP contribution < -0.4 is 5.55 Å². The highest BCUT2D eigenvalue weighted by molar-refractivity contribution is 5.41. The predicted octanol–water partition coefficient (Wildman–Crippen LogP) is 0.407. The van der Waals surface area contributed by atoms with E-state index in [1.165, 1.54) is 10.9 Å². The number of fused-ring (bicyclic) bond motifs is 1. The van der Waals surface area contributed by atoms with Gasteiger partial charge in [0, 0.05) is 12.3 Å². The molecule has 0 aromatic carbocycles. The van der Waals surface area contributed by atoms with E-state index in [1.807, 2.05) is 0 Å². The molecule has 0 aliphatic rings. The minimum absolute atomic E-state index is 0.146. The van der Waals surface area contributed by atoms with Gasteiger partial charge in [-0.15, -0.1) is 0 Å². The van der Waals surface area contributed by atoms with Crippen LogP contribution in [0.1, 0.15) is 0 Å². The van der Waals surface area contributed by atoms with E-state index in [9.17, 15) is 0 Å². The number of rotatable bonds is 0. The Hall–Kier alpha value is -1.58. The molecule has 0 atom stereocenters. The van der Waals surface area contributed by atoms with Crippen molar-refractivity contribution in [2.45, 2.75) is 0 Å². The third-order valence-corrected chi connectivity index (χ3v) is 1.23. The average molecular weight is 135 g/mol. The first kappa shape index (κ1) is 5.22. The number of aromatic nitrogens is 2. The summed E-state index contributed by atoms with van der Waals surface area (Å²) in [6.45, 7) is 0. The molecular weight excluding hydrogens is 130 g/mol. The second-order valence-corrected chi connectivity index (χ2v) is 1.93. The van der Waals surface area contributed by atoms with Gasteiger partial charge < -0.3 is 4.52 Å². The van der Waals surface area contributed by atoms with Gasteiger partial charge in [-0.1, -0.05) is 0 Å². The molecule has 0 fully saturated rings. The zero-order valence-electron chi connectivity index (χ0n) is 5.11. The number of hydrogen-bond acceptors (Lipinski definition) is 3. The first-order chi connectivity index (χ1) is 4.86. The van der Waals surface area contributed by atoms with Crippen molar-refractivity contribution in [1.29, 1.82) is 5.41 Å². The van der Waals surface area contributed by atoms with Gasteiger partial charge in [-0.05, 0) is 6.07 Å². The Morgan fingerprint density at radius 3 is 3.30 bits per heavy atom. The van der Waals surface area contributed by atoms with Crippen molar-refractivity contribution in [3.05, 3.63) is 30.2 Å². The van der Waals surface area contributed by atoms with Crippen LogP contribution in [0.4, 0.5) is 0 Å². The zero-order chi connectivity index (χ0) is 6.97. The lowest BCUT2D eigenvalue weighted by molar-refractivity contribution is 0.333. The van der Waals surface area contributed by atoms with E-state index in [4.69, 9.17) is 9.93 Å². The van der Waals surface area contributed by atoms with Gasteiger partial charge in [-0.3, -0.25) is 5.41 Å². The highest BCUT2D eigenvalue weighted by Crippen LogP contribution is 1.94. The van der Waals surface area contributed by atoms with Crippen LogP contribution in [0.5, 0.6) is 0 Å². The summed E-state index contributed by atoms with van der Waals surface area (Å²) >= 11 is 0. The van der Waals surface area contributed by atoms with Gasteiger partial charge in [0.15, 0.2) is 0 Å². The third-order valence-electron chi connectivity index (χ3n) is 1.23. The minimum atomic E-state index is 0.146. The van der Waals surface area contributed by atoms with Gasteiger partial charge in [0.1, 0.15) is 6.33 Å². The van der Waals surface area contributed by atoms with Crippen LogP contribution in [0.15, 0.2) is 29.2 Å². The lowest BCUT2D eigenvalue weighted by atomic mass is 10.5. The molecule has 0 bridgehead atoms. The number of hydrogen-bond donors (Lipinski definition) is 1. The molecule has 0 radical (unpaired) electrons. The molecule has 10 heavy (non-hydrogen) atoms. The standard InChI is InChI=1S/C6H5N3O/c7-6-3-5-1-2-8-4-9(5)10-6/h1-4,7H. The van der Waals surface area contributed by atoms with Crippen LogP contribution in [0.2, 0.25) is 0 Å². The Morgan fingerprint density at radius 2 is 2.50 bits per heavy atom. The topological polar surface area (TPSA) is 54.3 Å². The first-order valence-electron chi connectivity index (χ1n) is 2.83. The van der Waals surface area contributed by atoms with Crippen LogP contribution >= 0.6 is 0 Å². The number of nitrogens with zero attached hydrogens (tertiary/aromatic N) is 2. The van der Waals surface area contributed by atoms with Crippen LogP contribution in [0.3, 0.4) is 0 Å². The molecular formula is C6H5N3O. The van der Waals surface area contributed by atoms with Crippen molar-refractivity contribution in [1.82, 2.24) is 9.56 Å². The molecule has 4 nitrogen and oxygen atoms in total. The van der Waals surface area contributed by atoms with Crippen molar-refractivity contribution in [3.8, 4) is 0 Å². The van der Waals surface area contributed by atoms with Crippen molar-refractivity contribution in [3.63, 3.8) is 0 Å². The molecule has 50 valence electrons. The molecule has 2 aromatic rings. The SMILES string of the molecule is N=c1cc2ccncn2o1. The maximum Gasteiger partial charge on any atom is 0.241 e. The van der Waals surface area contributed by atoms with E-state index in [2.05, 4.69) is 4.98 Å². The number of nitrogens with one attached hydrogen (secondary N) is 1. The van der Waals surface area contributed by atoms with Crippen molar-refractivity contribution in [2.24, 2.45) is 0 Å². The van der Waals surface area contributed by atoms with Gasteiger partial charge in [0.05, 0.1) is 5.52 Å². The summed E-state index contributed by atoms with van der Waals surface area (Å²) in [4.78, 5) is 3.81. The molecule has 0 amide bonds. The lowest BCUT2D eigenvalue weighted by Crippen LogP contribution is -1.87. The summed E-state index contributed by atoms with van der Waals surface area (Å²) in [6, 6.07) is 3.41. The van der Waals surface area contributed by atoms with Crippen LogP contribution in [-0.2, 0) is 0 Å². The Morgan fingerprint density at radius 1 is 1.60 bits per heavy atom. The largest absolute Gasteiger partial charge is 0.354 e. The fourth-order valence-electron chi connectivity index (χ4n) is 0.813. The van der Waals surface area contributed by atoms with E-state index in [0.29, 0.717) is 0 Å². The maximum absolute atomic E-state index is 7.11. The third kappa shape index (κ3) is 0.621. The van der Waals surface area contributed by atoms with E-state index in [0.717, 1.165) is 5.52 Å². The summed E-state index contributed by atoms with van der Waals surface area (Å²) in [5.41, 5.74) is 0.994. The van der Waals surface area contributed by atoms with E-state index in [-0.39, 0.29) is 5.55 Å². The molecule has 2 rings (SSSR count). The molecule has 4 heteroatoms. The summed E-state index contributed by atoms with van der Waals surface area (Å²) in [7, 11) is 0. The zero-order valence-corrected chi connectivity index (χ0v) is 5.11. The molecule has 0 saturated heterocycles. The summed E-state index contributed by atoms with van der Waals surface area (Å²) < 4.78 is 6.34. The molecule has 1 N–H and O–H groups in total. The predicted molar refractivity (Wildman–Crippen MR) is 33.3 cm³/mol. The normalized spacial score (nSPS) is 10.4. The van der Waals surface area contributed by atoms with Gasteiger partial charge in [-0.25, -0.2) is 4.98 Å². The summed E-state index contributed by atoms with van der Waals surface area (Å²) in [6.07, 6.45) is 3.18. The Kier molecular flexibility index (Phi) is 0.887. The van der Waals surface area contributed by atoms with Crippen LogP contribution in [-0.4, -0.2) is 9.56 Å². The second kappa shape index (κ2) is 1.70.